The predicted octanol–water partition coefficient (Wildman–Crippen LogP) is 3.92. The van der Waals surface area contributed by atoms with Crippen LogP contribution in [0.15, 0.2) is 41.8 Å². The molecule has 0 spiro atoms. The van der Waals surface area contributed by atoms with Gasteiger partial charge in [0, 0.05) is 35.3 Å². The third kappa shape index (κ3) is 3.28. The quantitative estimate of drug-likeness (QED) is 0.614. The van der Waals surface area contributed by atoms with Gasteiger partial charge in [-0.05, 0) is 24.6 Å². The lowest BCUT2D eigenvalue weighted by Gasteiger charge is -2.07. The molecule has 0 atom stereocenters. The van der Waals surface area contributed by atoms with E-state index < -0.39 is 0 Å². The number of hydrogen-bond acceptors (Lipinski definition) is 3. The molecule has 3 nitrogen and oxygen atoms in total. The Labute approximate surface area is 115 Å². The molecule has 0 aliphatic carbocycles. The third-order valence-corrected chi connectivity index (χ3v) is 3.65. The number of nitrogens with zero attached hydrogens (tertiary/aromatic N) is 3. The number of rotatable bonds is 5. The summed E-state index contributed by atoms with van der Waals surface area (Å²) in [5.41, 5.74) is 1.00. The summed E-state index contributed by atoms with van der Waals surface area (Å²) in [6.45, 7) is 0. The lowest BCUT2D eigenvalue weighted by Crippen LogP contribution is -1.95. The van der Waals surface area contributed by atoms with Crippen LogP contribution in [0.3, 0.4) is 0 Å². The average Bonchev–Trinajstić information content (AvgIpc) is 2.83. The van der Waals surface area contributed by atoms with Crippen molar-refractivity contribution >= 4 is 23.4 Å². The van der Waals surface area contributed by atoms with E-state index in [1.54, 1.807) is 18.0 Å². The van der Waals surface area contributed by atoms with Gasteiger partial charge in [0.05, 0.1) is 6.07 Å². The first-order valence-electron chi connectivity index (χ1n) is 5.60. The van der Waals surface area contributed by atoms with Crippen molar-refractivity contribution in [1.82, 2.24) is 9.55 Å². The first-order chi connectivity index (χ1) is 8.81. The minimum absolute atomic E-state index is 0.588. The van der Waals surface area contributed by atoms with Crippen LogP contribution < -0.4 is 0 Å². The first-order valence-corrected chi connectivity index (χ1v) is 6.96. The van der Waals surface area contributed by atoms with Gasteiger partial charge >= 0.3 is 0 Å². The van der Waals surface area contributed by atoms with E-state index in [0.29, 0.717) is 11.4 Å². The highest BCUT2D eigenvalue weighted by Crippen LogP contribution is 2.23. The number of aromatic nitrogens is 2. The Kier molecular flexibility index (Phi) is 4.68. The van der Waals surface area contributed by atoms with E-state index >= 15 is 0 Å². The Balaban J connectivity index is 2.10. The van der Waals surface area contributed by atoms with Crippen molar-refractivity contribution in [3.8, 4) is 11.8 Å². The molecule has 0 aliphatic rings. The maximum Gasteiger partial charge on any atom is 0.172 e. The highest BCUT2D eigenvalue weighted by molar-refractivity contribution is 7.99. The molecule has 0 fully saturated rings. The lowest BCUT2D eigenvalue weighted by molar-refractivity contribution is 0.888. The summed E-state index contributed by atoms with van der Waals surface area (Å²) in [4.78, 5) is 4.32. The van der Waals surface area contributed by atoms with Crippen molar-refractivity contribution in [2.75, 3.05) is 5.75 Å². The van der Waals surface area contributed by atoms with E-state index in [1.165, 1.54) is 0 Å². The fourth-order valence-corrected chi connectivity index (χ4v) is 2.63. The van der Waals surface area contributed by atoms with Crippen LogP contribution in [0, 0.1) is 11.3 Å². The van der Waals surface area contributed by atoms with E-state index in [9.17, 15) is 0 Å². The van der Waals surface area contributed by atoms with E-state index in [-0.39, 0.29) is 0 Å². The lowest BCUT2D eigenvalue weighted by atomic mass is 10.3. The zero-order valence-corrected chi connectivity index (χ0v) is 11.3. The molecule has 0 aliphatic heterocycles. The van der Waals surface area contributed by atoms with Crippen LogP contribution >= 0.6 is 23.4 Å². The van der Waals surface area contributed by atoms with Gasteiger partial charge in [-0.25, -0.2) is 4.98 Å². The zero-order valence-electron chi connectivity index (χ0n) is 9.71. The second kappa shape index (κ2) is 6.48. The van der Waals surface area contributed by atoms with Gasteiger partial charge in [0.2, 0.25) is 0 Å². The predicted molar refractivity (Wildman–Crippen MR) is 74.1 cm³/mol. The molecule has 2 rings (SSSR count). The number of halogens is 1. The van der Waals surface area contributed by atoms with Gasteiger partial charge in [0.25, 0.3) is 0 Å². The molecule has 0 saturated carbocycles. The van der Waals surface area contributed by atoms with Crippen LogP contribution in [-0.4, -0.2) is 15.3 Å². The molecule has 0 unspecified atom stereocenters. The van der Waals surface area contributed by atoms with Crippen LogP contribution in [0.5, 0.6) is 0 Å². The van der Waals surface area contributed by atoms with Crippen LogP contribution in [0.4, 0.5) is 0 Å². The summed E-state index contributed by atoms with van der Waals surface area (Å²) in [5.74, 6) is 0.894. The number of benzene rings is 1. The minimum atomic E-state index is 0.588. The zero-order chi connectivity index (χ0) is 12.8. The second-order valence-electron chi connectivity index (χ2n) is 3.67. The van der Waals surface area contributed by atoms with E-state index in [1.807, 2.05) is 35.0 Å². The normalized spacial score (nSPS) is 10.2. The second-order valence-corrected chi connectivity index (χ2v) is 5.17. The van der Waals surface area contributed by atoms with Gasteiger partial charge in [-0.3, -0.25) is 4.57 Å². The Morgan fingerprint density at radius 2 is 2.33 bits per heavy atom. The van der Waals surface area contributed by atoms with Crippen LogP contribution in [-0.2, 0) is 0 Å². The van der Waals surface area contributed by atoms with Crippen molar-refractivity contribution in [1.29, 1.82) is 5.26 Å². The molecule has 0 amide bonds. The van der Waals surface area contributed by atoms with Crippen LogP contribution in [0.25, 0.3) is 5.69 Å². The highest BCUT2D eigenvalue weighted by atomic mass is 35.5. The van der Waals surface area contributed by atoms with Gasteiger partial charge in [-0.1, -0.05) is 29.4 Å². The van der Waals surface area contributed by atoms with Gasteiger partial charge in [-0.15, -0.1) is 0 Å². The molecule has 1 aromatic heterocycles. The van der Waals surface area contributed by atoms with E-state index in [0.717, 1.165) is 23.0 Å². The molecule has 0 radical (unpaired) electrons. The van der Waals surface area contributed by atoms with E-state index in [4.69, 9.17) is 16.9 Å². The number of imidazole rings is 1. The summed E-state index contributed by atoms with van der Waals surface area (Å²) in [5, 5.41) is 10.1. The number of hydrogen-bond donors (Lipinski definition) is 0. The molecular weight excluding hydrogens is 266 g/mol. The molecular formula is C13H12ClN3S. The molecule has 2 aromatic rings. The fourth-order valence-electron chi connectivity index (χ4n) is 1.53. The molecule has 5 heteroatoms. The topological polar surface area (TPSA) is 41.6 Å². The highest BCUT2D eigenvalue weighted by Gasteiger charge is 2.05. The standard InChI is InChI=1S/C13H12ClN3S/c14-11-4-3-5-12(10-11)17-8-7-16-13(17)18-9-2-1-6-15/h3-5,7-8,10H,1-2,9H2. The maximum absolute atomic E-state index is 8.49. The number of thioether (sulfide) groups is 1. The molecule has 0 bridgehead atoms. The van der Waals surface area contributed by atoms with E-state index in [2.05, 4.69) is 11.1 Å². The van der Waals surface area contributed by atoms with Crippen LogP contribution in [0.2, 0.25) is 5.02 Å². The minimum Gasteiger partial charge on any atom is -0.295 e. The smallest absolute Gasteiger partial charge is 0.172 e. The molecule has 1 heterocycles. The Bertz CT molecular complexity index is 559. The third-order valence-electron chi connectivity index (χ3n) is 2.36. The summed E-state index contributed by atoms with van der Waals surface area (Å²) >= 11 is 7.64. The van der Waals surface area contributed by atoms with Crippen molar-refractivity contribution in [3.63, 3.8) is 0 Å². The van der Waals surface area contributed by atoms with Crippen molar-refractivity contribution < 1.29 is 0 Å². The van der Waals surface area contributed by atoms with Gasteiger partial charge in [0.15, 0.2) is 5.16 Å². The summed E-state index contributed by atoms with van der Waals surface area (Å²) in [7, 11) is 0. The van der Waals surface area contributed by atoms with Gasteiger partial charge in [0.1, 0.15) is 0 Å². The summed E-state index contributed by atoms with van der Waals surface area (Å²) in [6.07, 6.45) is 5.15. The summed E-state index contributed by atoms with van der Waals surface area (Å²) in [6, 6.07) is 9.81. The van der Waals surface area contributed by atoms with Crippen molar-refractivity contribution in [3.05, 3.63) is 41.7 Å². The molecule has 0 saturated heterocycles. The number of nitriles is 1. The Morgan fingerprint density at radius 1 is 1.44 bits per heavy atom. The van der Waals surface area contributed by atoms with Crippen LogP contribution in [0.1, 0.15) is 12.8 Å². The SMILES string of the molecule is N#CCCCSc1nccn1-c1cccc(Cl)c1. The average molecular weight is 278 g/mol. The molecule has 18 heavy (non-hydrogen) atoms. The van der Waals surface area contributed by atoms with Crippen molar-refractivity contribution in [2.45, 2.75) is 18.0 Å². The number of unbranched alkanes of at least 4 members (excludes halogenated alkanes) is 1. The van der Waals surface area contributed by atoms with Gasteiger partial charge < -0.3 is 0 Å². The fraction of sp³-hybridized carbons (Fsp3) is 0.231. The monoisotopic (exact) mass is 277 g/mol. The first kappa shape index (κ1) is 13.0. The van der Waals surface area contributed by atoms with Gasteiger partial charge in [-0.2, -0.15) is 5.26 Å². The molecule has 0 N–H and O–H groups in total. The Hall–Kier alpha value is -1.44. The molecule has 92 valence electrons. The summed E-state index contributed by atoms with van der Waals surface area (Å²) < 4.78 is 2.00. The molecule has 1 aromatic carbocycles. The van der Waals surface area contributed by atoms with Crippen molar-refractivity contribution in [2.24, 2.45) is 0 Å². The maximum atomic E-state index is 8.49. The Morgan fingerprint density at radius 3 is 3.11 bits per heavy atom. The largest absolute Gasteiger partial charge is 0.295 e.